The van der Waals surface area contributed by atoms with Crippen molar-refractivity contribution in [3.8, 4) is 0 Å². The Balaban J connectivity index is 1.74. The third-order valence-electron chi connectivity index (χ3n) is 3.90. The molecular formula is C18H28FN3O2. The first kappa shape index (κ1) is 18.8. The number of carbonyl (C=O) groups excluding carboxylic acids is 1. The number of nitrogens with one attached hydrogen (secondary N) is 1. The molecule has 1 N–H and O–H groups in total. The summed E-state index contributed by atoms with van der Waals surface area (Å²) in [5.41, 5.74) is 0.604. The first-order chi connectivity index (χ1) is 11.4. The Morgan fingerprint density at radius 2 is 2.12 bits per heavy atom. The predicted octanol–water partition coefficient (Wildman–Crippen LogP) is 2.05. The van der Waals surface area contributed by atoms with Gasteiger partial charge >= 0.3 is 0 Å². The topological polar surface area (TPSA) is 44.8 Å². The van der Waals surface area contributed by atoms with Crippen LogP contribution in [0.2, 0.25) is 0 Å². The lowest BCUT2D eigenvalue weighted by Crippen LogP contribution is -2.48. The van der Waals surface area contributed by atoms with E-state index in [4.69, 9.17) is 4.74 Å². The van der Waals surface area contributed by atoms with E-state index in [0.29, 0.717) is 18.2 Å². The molecule has 2 rings (SSSR count). The Kier molecular flexibility index (Phi) is 7.15. The Morgan fingerprint density at radius 1 is 1.42 bits per heavy atom. The molecule has 1 atom stereocenters. The molecule has 1 saturated heterocycles. The molecule has 0 aliphatic carbocycles. The molecule has 1 aliphatic rings. The maximum atomic E-state index is 12.9. The molecular weight excluding hydrogens is 309 g/mol. The maximum absolute atomic E-state index is 12.9. The Hall–Kier alpha value is -1.50. The number of nitrogens with zero attached hydrogens (tertiary/aromatic N) is 2. The van der Waals surface area contributed by atoms with Gasteiger partial charge in [-0.05, 0) is 37.2 Å². The largest absolute Gasteiger partial charge is 0.374 e. The van der Waals surface area contributed by atoms with Crippen molar-refractivity contribution < 1.29 is 13.9 Å². The molecule has 24 heavy (non-hydrogen) atoms. The van der Waals surface area contributed by atoms with Gasteiger partial charge in [-0.2, -0.15) is 0 Å². The summed E-state index contributed by atoms with van der Waals surface area (Å²) in [5, 5.41) is 2.77. The van der Waals surface area contributed by atoms with Gasteiger partial charge in [-0.3, -0.25) is 14.6 Å². The fourth-order valence-electron chi connectivity index (χ4n) is 2.96. The second kappa shape index (κ2) is 9.11. The van der Waals surface area contributed by atoms with Crippen LogP contribution in [0.3, 0.4) is 0 Å². The van der Waals surface area contributed by atoms with Crippen LogP contribution in [0.1, 0.15) is 13.8 Å². The molecule has 1 heterocycles. The van der Waals surface area contributed by atoms with Crippen LogP contribution in [0.25, 0.3) is 0 Å². The van der Waals surface area contributed by atoms with Crippen LogP contribution in [0.5, 0.6) is 0 Å². The molecule has 1 aromatic rings. The van der Waals surface area contributed by atoms with E-state index in [1.54, 1.807) is 12.1 Å². The number of likely N-dealkylation sites (N-methyl/N-ethyl adjacent to an activating group) is 1. The lowest BCUT2D eigenvalue weighted by molar-refractivity contribution is -0.117. The predicted molar refractivity (Wildman–Crippen MR) is 93.5 cm³/mol. The first-order valence-corrected chi connectivity index (χ1v) is 8.50. The Labute approximate surface area is 143 Å². The van der Waals surface area contributed by atoms with E-state index in [9.17, 15) is 9.18 Å². The van der Waals surface area contributed by atoms with Gasteiger partial charge in [-0.25, -0.2) is 4.39 Å². The number of carbonyl (C=O) groups is 1. The van der Waals surface area contributed by atoms with E-state index in [0.717, 1.165) is 26.2 Å². The highest BCUT2D eigenvalue weighted by atomic mass is 19.1. The number of amides is 1. The van der Waals surface area contributed by atoms with Crippen LogP contribution < -0.4 is 5.32 Å². The molecule has 1 aliphatic heterocycles. The molecule has 0 aromatic heterocycles. The van der Waals surface area contributed by atoms with Crippen LogP contribution >= 0.6 is 0 Å². The van der Waals surface area contributed by atoms with Crippen molar-refractivity contribution in [3.63, 3.8) is 0 Å². The summed E-state index contributed by atoms with van der Waals surface area (Å²) < 4.78 is 18.7. The van der Waals surface area contributed by atoms with Crippen molar-refractivity contribution in [1.82, 2.24) is 9.80 Å². The molecule has 1 fully saturated rings. The molecule has 1 amide bonds. The number of halogens is 1. The molecule has 0 radical (unpaired) electrons. The second-order valence-corrected chi connectivity index (χ2v) is 6.90. The van der Waals surface area contributed by atoms with E-state index in [1.807, 2.05) is 11.9 Å². The van der Waals surface area contributed by atoms with Crippen molar-refractivity contribution in [2.24, 2.45) is 5.92 Å². The van der Waals surface area contributed by atoms with E-state index in [1.165, 1.54) is 12.1 Å². The zero-order valence-electron chi connectivity index (χ0n) is 14.8. The normalized spacial score (nSPS) is 19.0. The monoisotopic (exact) mass is 337 g/mol. The van der Waals surface area contributed by atoms with E-state index in [-0.39, 0.29) is 24.4 Å². The van der Waals surface area contributed by atoms with E-state index < -0.39 is 0 Å². The average molecular weight is 337 g/mol. The standard InChI is InChI=1S/C18H28FN3O2/c1-14(2)10-22-8-9-24-17(12-22)11-21(3)13-18(23)20-16-6-4-15(19)5-7-16/h4-7,14,17H,8-13H2,1-3H3,(H,20,23)/t17-/m0/s1. The summed E-state index contributed by atoms with van der Waals surface area (Å²) in [5.74, 6) is 0.215. The summed E-state index contributed by atoms with van der Waals surface area (Å²) in [6, 6.07) is 5.78. The average Bonchev–Trinajstić information content (AvgIpc) is 2.49. The van der Waals surface area contributed by atoms with Gasteiger partial charge in [0.2, 0.25) is 5.91 Å². The quantitative estimate of drug-likeness (QED) is 0.827. The minimum atomic E-state index is -0.314. The molecule has 5 nitrogen and oxygen atoms in total. The lowest BCUT2D eigenvalue weighted by Gasteiger charge is -2.35. The summed E-state index contributed by atoms with van der Waals surface area (Å²) in [4.78, 5) is 16.4. The SMILES string of the molecule is CC(C)CN1CCO[C@@H](CN(C)CC(=O)Nc2ccc(F)cc2)C1. The zero-order valence-corrected chi connectivity index (χ0v) is 14.8. The van der Waals surface area contributed by atoms with Crippen LogP contribution in [-0.2, 0) is 9.53 Å². The van der Waals surface area contributed by atoms with Gasteiger partial charge in [0.1, 0.15) is 5.82 Å². The van der Waals surface area contributed by atoms with Crippen molar-refractivity contribution in [1.29, 1.82) is 0 Å². The van der Waals surface area contributed by atoms with Gasteiger partial charge in [0.05, 0.1) is 19.3 Å². The maximum Gasteiger partial charge on any atom is 0.238 e. The molecule has 134 valence electrons. The third-order valence-corrected chi connectivity index (χ3v) is 3.90. The van der Waals surface area contributed by atoms with Gasteiger partial charge in [-0.1, -0.05) is 13.8 Å². The van der Waals surface area contributed by atoms with E-state index >= 15 is 0 Å². The summed E-state index contributed by atoms with van der Waals surface area (Å²) in [6.07, 6.45) is 0.126. The van der Waals surface area contributed by atoms with Gasteiger partial charge in [0.25, 0.3) is 0 Å². The fraction of sp³-hybridized carbons (Fsp3) is 0.611. The molecule has 0 bridgehead atoms. The fourth-order valence-corrected chi connectivity index (χ4v) is 2.96. The highest BCUT2D eigenvalue weighted by Crippen LogP contribution is 2.10. The van der Waals surface area contributed by atoms with Crippen LogP contribution in [0.15, 0.2) is 24.3 Å². The molecule has 0 unspecified atom stereocenters. The zero-order chi connectivity index (χ0) is 17.5. The van der Waals surface area contributed by atoms with E-state index in [2.05, 4.69) is 24.1 Å². The van der Waals surface area contributed by atoms with Crippen molar-refractivity contribution in [3.05, 3.63) is 30.1 Å². The summed E-state index contributed by atoms with van der Waals surface area (Å²) in [6.45, 7) is 9.13. The highest BCUT2D eigenvalue weighted by Gasteiger charge is 2.22. The minimum Gasteiger partial charge on any atom is -0.374 e. The first-order valence-electron chi connectivity index (χ1n) is 8.50. The Bertz CT molecular complexity index is 522. The lowest BCUT2D eigenvalue weighted by atomic mass is 10.1. The van der Waals surface area contributed by atoms with Crippen molar-refractivity contribution in [2.75, 3.05) is 51.7 Å². The van der Waals surface area contributed by atoms with Crippen molar-refractivity contribution >= 4 is 11.6 Å². The molecule has 0 spiro atoms. The van der Waals surface area contributed by atoms with Crippen LogP contribution in [0.4, 0.5) is 10.1 Å². The minimum absolute atomic E-state index is 0.112. The van der Waals surface area contributed by atoms with Gasteiger partial charge < -0.3 is 10.1 Å². The summed E-state index contributed by atoms with van der Waals surface area (Å²) >= 11 is 0. The molecule has 1 aromatic carbocycles. The highest BCUT2D eigenvalue weighted by molar-refractivity contribution is 5.92. The Morgan fingerprint density at radius 3 is 2.79 bits per heavy atom. The molecule has 0 saturated carbocycles. The van der Waals surface area contributed by atoms with Gasteiger partial charge in [0, 0.05) is 31.9 Å². The number of hydrogen-bond donors (Lipinski definition) is 1. The second-order valence-electron chi connectivity index (χ2n) is 6.90. The van der Waals surface area contributed by atoms with Crippen molar-refractivity contribution in [2.45, 2.75) is 20.0 Å². The summed E-state index contributed by atoms with van der Waals surface area (Å²) in [7, 11) is 1.91. The van der Waals surface area contributed by atoms with Gasteiger partial charge in [0.15, 0.2) is 0 Å². The number of morpholine rings is 1. The number of anilines is 1. The third kappa shape index (κ3) is 6.55. The van der Waals surface area contributed by atoms with Crippen LogP contribution in [0, 0.1) is 11.7 Å². The number of hydrogen-bond acceptors (Lipinski definition) is 4. The van der Waals surface area contributed by atoms with Crippen LogP contribution in [-0.4, -0.2) is 68.2 Å². The smallest absolute Gasteiger partial charge is 0.238 e. The van der Waals surface area contributed by atoms with Gasteiger partial charge in [-0.15, -0.1) is 0 Å². The number of benzene rings is 1. The molecule has 6 heteroatoms. The number of ether oxygens (including phenoxy) is 1. The number of rotatable bonds is 7.